The van der Waals surface area contributed by atoms with Gasteiger partial charge in [-0.1, -0.05) is 12.8 Å². The summed E-state index contributed by atoms with van der Waals surface area (Å²) >= 11 is 0. The summed E-state index contributed by atoms with van der Waals surface area (Å²) in [7, 11) is 3.53. The lowest BCUT2D eigenvalue weighted by Crippen LogP contribution is -2.23. The number of anilines is 2. The van der Waals surface area contributed by atoms with E-state index in [-0.39, 0.29) is 5.91 Å². The highest BCUT2D eigenvalue weighted by Crippen LogP contribution is 2.26. The molecule has 3 N–H and O–H groups in total. The minimum Gasteiger partial charge on any atom is -0.399 e. The first-order valence-corrected chi connectivity index (χ1v) is 6.93. The monoisotopic (exact) mass is 261 g/mol. The highest BCUT2D eigenvalue weighted by atomic mass is 16.2. The average molecular weight is 261 g/mol. The van der Waals surface area contributed by atoms with E-state index in [2.05, 4.69) is 5.32 Å². The van der Waals surface area contributed by atoms with Crippen LogP contribution in [-0.4, -0.2) is 31.4 Å². The third kappa shape index (κ3) is 3.40. The minimum atomic E-state index is 0.00826. The van der Waals surface area contributed by atoms with Gasteiger partial charge in [0.05, 0.1) is 5.56 Å². The number of hydrogen-bond donors (Lipinski definition) is 2. The highest BCUT2D eigenvalue weighted by Gasteiger charge is 2.17. The first-order valence-electron chi connectivity index (χ1n) is 6.93. The number of amides is 1. The second kappa shape index (κ2) is 5.95. The first kappa shape index (κ1) is 13.7. The predicted octanol–water partition coefficient (Wildman–Crippen LogP) is 2.57. The molecular formula is C15H23N3O. The van der Waals surface area contributed by atoms with Gasteiger partial charge < -0.3 is 16.0 Å². The summed E-state index contributed by atoms with van der Waals surface area (Å²) in [5.41, 5.74) is 8.05. The molecule has 0 radical (unpaired) electrons. The Morgan fingerprint density at radius 2 is 2.05 bits per heavy atom. The highest BCUT2D eigenvalue weighted by molar-refractivity contribution is 5.99. The van der Waals surface area contributed by atoms with Crippen LogP contribution in [-0.2, 0) is 0 Å². The number of nitrogen functional groups attached to an aromatic ring is 1. The van der Waals surface area contributed by atoms with Gasteiger partial charge in [-0.25, -0.2) is 0 Å². The van der Waals surface area contributed by atoms with Crippen LogP contribution in [0.2, 0.25) is 0 Å². The van der Waals surface area contributed by atoms with Crippen molar-refractivity contribution in [2.24, 2.45) is 5.92 Å². The van der Waals surface area contributed by atoms with E-state index in [1.807, 2.05) is 6.07 Å². The van der Waals surface area contributed by atoms with Gasteiger partial charge in [-0.05, 0) is 37.0 Å². The van der Waals surface area contributed by atoms with Gasteiger partial charge in [0.2, 0.25) is 0 Å². The zero-order valence-electron chi connectivity index (χ0n) is 11.8. The lowest BCUT2D eigenvalue weighted by Gasteiger charge is -2.17. The van der Waals surface area contributed by atoms with E-state index < -0.39 is 0 Å². The molecule has 0 spiro atoms. The van der Waals surface area contributed by atoms with Gasteiger partial charge in [0.25, 0.3) is 5.91 Å². The average Bonchev–Trinajstić information content (AvgIpc) is 2.88. The lowest BCUT2D eigenvalue weighted by atomic mass is 10.1. The van der Waals surface area contributed by atoms with E-state index in [1.165, 1.54) is 25.7 Å². The quantitative estimate of drug-likeness (QED) is 0.819. The number of nitrogens with one attached hydrogen (secondary N) is 1. The van der Waals surface area contributed by atoms with E-state index in [9.17, 15) is 4.79 Å². The number of nitrogens with two attached hydrogens (primary N) is 1. The van der Waals surface area contributed by atoms with Crippen LogP contribution in [0.5, 0.6) is 0 Å². The van der Waals surface area contributed by atoms with Crippen molar-refractivity contribution in [3.63, 3.8) is 0 Å². The van der Waals surface area contributed by atoms with Crippen LogP contribution >= 0.6 is 0 Å². The molecular weight excluding hydrogens is 238 g/mol. The summed E-state index contributed by atoms with van der Waals surface area (Å²) in [4.78, 5) is 13.7. The molecule has 1 aliphatic rings. The minimum absolute atomic E-state index is 0.00826. The molecule has 0 aliphatic heterocycles. The number of carbonyl (C=O) groups excluding carboxylic acids is 1. The topological polar surface area (TPSA) is 58.4 Å². The van der Waals surface area contributed by atoms with Crippen molar-refractivity contribution < 1.29 is 4.79 Å². The van der Waals surface area contributed by atoms with Gasteiger partial charge in [-0.2, -0.15) is 0 Å². The Balaban J connectivity index is 2.12. The Kier molecular flexibility index (Phi) is 4.30. The van der Waals surface area contributed by atoms with Crippen LogP contribution in [0.3, 0.4) is 0 Å². The van der Waals surface area contributed by atoms with Crippen molar-refractivity contribution in [1.82, 2.24) is 4.90 Å². The van der Waals surface area contributed by atoms with E-state index >= 15 is 0 Å². The van der Waals surface area contributed by atoms with Crippen LogP contribution in [0.1, 0.15) is 36.0 Å². The van der Waals surface area contributed by atoms with Crippen LogP contribution in [0, 0.1) is 5.92 Å². The number of rotatable bonds is 4. The number of hydrogen-bond acceptors (Lipinski definition) is 3. The Labute approximate surface area is 115 Å². The summed E-state index contributed by atoms with van der Waals surface area (Å²) in [6.07, 6.45) is 5.22. The van der Waals surface area contributed by atoms with Crippen LogP contribution in [0.4, 0.5) is 11.4 Å². The zero-order chi connectivity index (χ0) is 13.8. The normalized spacial score (nSPS) is 15.5. The fourth-order valence-corrected chi connectivity index (χ4v) is 2.60. The molecule has 4 nitrogen and oxygen atoms in total. The van der Waals surface area contributed by atoms with Gasteiger partial charge in [0.1, 0.15) is 0 Å². The molecule has 104 valence electrons. The zero-order valence-corrected chi connectivity index (χ0v) is 11.8. The standard InChI is InChI=1S/C15H23N3O/c1-18(2)15(19)13-8-7-12(16)9-14(13)17-10-11-5-3-4-6-11/h7-9,11,17H,3-6,10,16H2,1-2H3. The smallest absolute Gasteiger partial charge is 0.255 e. The second-order valence-electron chi connectivity index (χ2n) is 5.54. The van der Waals surface area contributed by atoms with Crippen molar-refractivity contribution in [2.45, 2.75) is 25.7 Å². The summed E-state index contributed by atoms with van der Waals surface area (Å²) in [6, 6.07) is 5.43. The lowest BCUT2D eigenvalue weighted by molar-refractivity contribution is 0.0828. The Hall–Kier alpha value is -1.71. The van der Waals surface area contributed by atoms with Crippen molar-refractivity contribution in [3.05, 3.63) is 23.8 Å². The second-order valence-corrected chi connectivity index (χ2v) is 5.54. The largest absolute Gasteiger partial charge is 0.399 e. The molecule has 0 bridgehead atoms. The molecule has 4 heteroatoms. The van der Waals surface area contributed by atoms with Crippen molar-refractivity contribution in [2.75, 3.05) is 31.7 Å². The Morgan fingerprint density at radius 1 is 1.37 bits per heavy atom. The summed E-state index contributed by atoms with van der Waals surface area (Å²) in [5.74, 6) is 0.734. The summed E-state index contributed by atoms with van der Waals surface area (Å²) < 4.78 is 0. The fourth-order valence-electron chi connectivity index (χ4n) is 2.60. The molecule has 0 aromatic heterocycles. The molecule has 1 saturated carbocycles. The SMILES string of the molecule is CN(C)C(=O)c1ccc(N)cc1NCC1CCCC1. The molecule has 1 aromatic rings. The third-order valence-electron chi connectivity index (χ3n) is 3.74. The van der Waals surface area contributed by atoms with Crippen molar-refractivity contribution >= 4 is 17.3 Å². The van der Waals surface area contributed by atoms with Crippen LogP contribution in [0.15, 0.2) is 18.2 Å². The third-order valence-corrected chi connectivity index (χ3v) is 3.74. The molecule has 0 unspecified atom stereocenters. The molecule has 19 heavy (non-hydrogen) atoms. The van der Waals surface area contributed by atoms with Crippen LogP contribution < -0.4 is 11.1 Å². The molecule has 1 aliphatic carbocycles. The molecule has 1 aromatic carbocycles. The molecule has 0 atom stereocenters. The number of benzene rings is 1. The van der Waals surface area contributed by atoms with Gasteiger partial charge in [0.15, 0.2) is 0 Å². The molecule has 0 saturated heterocycles. The maximum atomic E-state index is 12.1. The Bertz CT molecular complexity index is 451. The first-order chi connectivity index (χ1) is 9.08. The maximum absolute atomic E-state index is 12.1. The number of nitrogens with zero attached hydrogens (tertiary/aromatic N) is 1. The van der Waals surface area contributed by atoms with Gasteiger partial charge in [-0.3, -0.25) is 4.79 Å². The molecule has 2 rings (SSSR count). The van der Waals surface area contributed by atoms with Gasteiger partial charge in [-0.15, -0.1) is 0 Å². The van der Waals surface area contributed by atoms with Gasteiger partial charge >= 0.3 is 0 Å². The number of carbonyl (C=O) groups is 1. The summed E-state index contributed by atoms with van der Waals surface area (Å²) in [5, 5.41) is 3.40. The van der Waals surface area contributed by atoms with Gasteiger partial charge in [0, 0.05) is 32.0 Å². The van der Waals surface area contributed by atoms with E-state index in [1.54, 1.807) is 31.1 Å². The fraction of sp³-hybridized carbons (Fsp3) is 0.533. The predicted molar refractivity (Wildman–Crippen MR) is 79.3 cm³/mol. The van der Waals surface area contributed by atoms with E-state index in [4.69, 9.17) is 5.73 Å². The molecule has 1 fully saturated rings. The summed E-state index contributed by atoms with van der Waals surface area (Å²) in [6.45, 7) is 0.928. The molecule has 1 amide bonds. The van der Waals surface area contributed by atoms with Crippen molar-refractivity contribution in [1.29, 1.82) is 0 Å². The Morgan fingerprint density at radius 3 is 2.68 bits per heavy atom. The van der Waals surface area contributed by atoms with Crippen LogP contribution in [0.25, 0.3) is 0 Å². The van der Waals surface area contributed by atoms with E-state index in [0.717, 1.165) is 18.2 Å². The van der Waals surface area contributed by atoms with Crippen molar-refractivity contribution in [3.8, 4) is 0 Å². The molecule has 0 heterocycles. The maximum Gasteiger partial charge on any atom is 0.255 e. The van der Waals surface area contributed by atoms with E-state index in [0.29, 0.717) is 11.3 Å².